The molecule has 0 fully saturated rings. The Hall–Kier alpha value is -3.72. The Morgan fingerprint density at radius 3 is 0.969 bits per heavy atom. The average Bonchev–Trinajstić information content (AvgIpc) is 2.87. The zero-order valence-corrected chi connectivity index (χ0v) is 18.5. The number of rotatable bonds is 3. The molecule has 0 saturated carbocycles. The SMILES string of the molecule is [O][Si](c1cccc2ccccc12)(c1cccc2ccccc12)c1cccc2ccccc12. The molecule has 6 aromatic carbocycles. The van der Waals surface area contributed by atoms with Gasteiger partial charge in [0, 0.05) is 0 Å². The van der Waals surface area contributed by atoms with Crippen LogP contribution in [0.3, 0.4) is 0 Å². The Balaban J connectivity index is 1.81. The van der Waals surface area contributed by atoms with Gasteiger partial charge >= 0.3 is 8.32 Å². The first-order chi connectivity index (χ1) is 15.8. The summed E-state index contributed by atoms with van der Waals surface area (Å²) in [5.41, 5.74) is 0. The molecule has 1 radical (unpaired) electrons. The van der Waals surface area contributed by atoms with E-state index in [0.29, 0.717) is 0 Å². The van der Waals surface area contributed by atoms with Crippen LogP contribution in [0, 0.1) is 0 Å². The van der Waals surface area contributed by atoms with E-state index in [1.807, 2.05) is 54.6 Å². The summed E-state index contributed by atoms with van der Waals surface area (Å²) in [6, 6.07) is 43.4. The lowest BCUT2D eigenvalue weighted by Crippen LogP contribution is -2.67. The van der Waals surface area contributed by atoms with Crippen LogP contribution in [0.4, 0.5) is 0 Å². The third-order valence-corrected chi connectivity index (χ3v) is 10.1. The smallest absolute Gasteiger partial charge is 0.279 e. The van der Waals surface area contributed by atoms with Gasteiger partial charge in [-0.2, -0.15) is 0 Å². The van der Waals surface area contributed by atoms with Crippen LogP contribution in [-0.2, 0) is 4.80 Å². The van der Waals surface area contributed by atoms with E-state index in [1.54, 1.807) is 0 Å². The van der Waals surface area contributed by atoms with Gasteiger partial charge in [-0.25, -0.2) is 0 Å². The van der Waals surface area contributed by atoms with Gasteiger partial charge < -0.3 is 0 Å². The lowest BCUT2D eigenvalue weighted by molar-refractivity contribution is 0.456. The second kappa shape index (κ2) is 7.45. The molecule has 0 N–H and O–H groups in total. The van der Waals surface area contributed by atoms with Crippen LogP contribution in [0.15, 0.2) is 127 Å². The second-order valence-electron chi connectivity index (χ2n) is 8.26. The summed E-state index contributed by atoms with van der Waals surface area (Å²) in [6.45, 7) is 0. The quantitative estimate of drug-likeness (QED) is 0.262. The van der Waals surface area contributed by atoms with Gasteiger partial charge in [0.1, 0.15) is 0 Å². The average molecular weight is 426 g/mol. The Morgan fingerprint density at radius 1 is 0.344 bits per heavy atom. The van der Waals surface area contributed by atoms with Crippen molar-refractivity contribution in [2.45, 2.75) is 0 Å². The Morgan fingerprint density at radius 2 is 0.625 bits per heavy atom. The largest absolute Gasteiger partial charge is 0.331 e. The fourth-order valence-electron chi connectivity index (χ4n) is 5.03. The summed E-state index contributed by atoms with van der Waals surface area (Å²) in [6.07, 6.45) is 0. The monoisotopic (exact) mass is 425 g/mol. The van der Waals surface area contributed by atoms with E-state index in [1.165, 1.54) is 0 Å². The summed E-state index contributed by atoms with van der Waals surface area (Å²) in [5.74, 6) is 0. The van der Waals surface area contributed by atoms with Crippen molar-refractivity contribution in [3.63, 3.8) is 0 Å². The van der Waals surface area contributed by atoms with Crippen LogP contribution in [0.1, 0.15) is 0 Å². The standard InChI is InChI=1S/C30H21OSi/c31-32(28-19-7-13-22-10-1-4-16-25(22)28,29-20-8-14-23-11-2-5-17-26(23)29)30-21-9-15-24-12-3-6-18-27(24)30/h1-21H. The molecule has 0 unspecified atom stereocenters. The molecule has 0 aliphatic rings. The van der Waals surface area contributed by atoms with Gasteiger partial charge in [-0.15, -0.1) is 0 Å². The Kier molecular flexibility index (Phi) is 4.42. The van der Waals surface area contributed by atoms with Crippen molar-refractivity contribution in [2.24, 2.45) is 0 Å². The van der Waals surface area contributed by atoms with Gasteiger partial charge in [0.05, 0.1) is 0 Å². The minimum Gasteiger partial charge on any atom is -0.279 e. The van der Waals surface area contributed by atoms with Crippen LogP contribution < -0.4 is 15.6 Å². The third kappa shape index (κ3) is 2.81. The van der Waals surface area contributed by atoms with E-state index in [0.717, 1.165) is 47.9 Å². The maximum Gasteiger partial charge on any atom is 0.331 e. The molecular weight excluding hydrogens is 404 g/mol. The highest BCUT2D eigenvalue weighted by atomic mass is 28.4. The summed E-state index contributed by atoms with van der Waals surface area (Å²) in [7, 11) is -3.62. The molecule has 0 spiro atoms. The Labute approximate surface area is 188 Å². The van der Waals surface area contributed by atoms with Gasteiger partial charge in [-0.1, -0.05) is 127 Å². The van der Waals surface area contributed by atoms with Gasteiger partial charge in [0.25, 0.3) is 0 Å². The van der Waals surface area contributed by atoms with Crippen LogP contribution in [0.2, 0.25) is 0 Å². The highest BCUT2D eigenvalue weighted by Gasteiger charge is 2.44. The topological polar surface area (TPSA) is 19.9 Å². The highest BCUT2D eigenvalue weighted by molar-refractivity contribution is 7.09. The fraction of sp³-hybridized carbons (Fsp3) is 0. The zero-order chi connectivity index (χ0) is 21.5. The maximum atomic E-state index is 15.7. The van der Waals surface area contributed by atoms with Crippen molar-refractivity contribution >= 4 is 56.2 Å². The van der Waals surface area contributed by atoms with Crippen molar-refractivity contribution in [3.05, 3.63) is 127 Å². The predicted octanol–water partition coefficient (Wildman–Crippen LogP) is 5.54. The van der Waals surface area contributed by atoms with Crippen LogP contribution >= 0.6 is 0 Å². The molecular formula is C30H21OSi. The predicted molar refractivity (Wildman–Crippen MR) is 137 cm³/mol. The molecule has 151 valence electrons. The molecule has 6 aromatic rings. The molecule has 0 aliphatic heterocycles. The number of hydrogen-bond donors (Lipinski definition) is 0. The minimum atomic E-state index is -3.62. The molecule has 1 nitrogen and oxygen atoms in total. The molecule has 32 heavy (non-hydrogen) atoms. The van der Waals surface area contributed by atoms with Gasteiger partial charge in [-0.05, 0) is 47.9 Å². The van der Waals surface area contributed by atoms with Gasteiger partial charge in [-0.3, -0.25) is 4.80 Å². The van der Waals surface area contributed by atoms with E-state index in [4.69, 9.17) is 0 Å². The first-order valence-corrected chi connectivity index (χ1v) is 12.8. The molecule has 0 amide bonds. The maximum absolute atomic E-state index is 15.7. The van der Waals surface area contributed by atoms with Crippen LogP contribution in [0.25, 0.3) is 32.3 Å². The molecule has 2 heteroatoms. The normalized spacial score (nSPS) is 11.9. The van der Waals surface area contributed by atoms with Crippen LogP contribution in [-0.4, -0.2) is 8.32 Å². The van der Waals surface area contributed by atoms with Crippen LogP contribution in [0.5, 0.6) is 0 Å². The molecule has 0 atom stereocenters. The van der Waals surface area contributed by atoms with E-state index in [2.05, 4.69) is 72.8 Å². The van der Waals surface area contributed by atoms with Crippen molar-refractivity contribution in [1.29, 1.82) is 0 Å². The first kappa shape index (κ1) is 19.0. The number of benzene rings is 6. The lowest BCUT2D eigenvalue weighted by atomic mass is 10.1. The van der Waals surface area contributed by atoms with Gasteiger partial charge in [0.2, 0.25) is 0 Å². The second-order valence-corrected chi connectivity index (χ2v) is 11.2. The van der Waals surface area contributed by atoms with E-state index in [-0.39, 0.29) is 0 Å². The number of fused-ring (bicyclic) bond motifs is 3. The van der Waals surface area contributed by atoms with Crippen molar-refractivity contribution in [2.75, 3.05) is 0 Å². The summed E-state index contributed by atoms with van der Waals surface area (Å²) >= 11 is 0. The lowest BCUT2D eigenvalue weighted by Gasteiger charge is -2.28. The van der Waals surface area contributed by atoms with Crippen molar-refractivity contribution in [3.8, 4) is 0 Å². The molecule has 0 aromatic heterocycles. The summed E-state index contributed by atoms with van der Waals surface area (Å²) in [5, 5.41) is 9.25. The fourth-order valence-corrected chi connectivity index (χ4v) is 8.72. The molecule has 0 heterocycles. The molecule has 0 saturated heterocycles. The minimum absolute atomic E-state index is 0.920. The molecule has 6 rings (SSSR count). The van der Waals surface area contributed by atoms with E-state index < -0.39 is 8.32 Å². The van der Waals surface area contributed by atoms with Crippen molar-refractivity contribution in [1.82, 2.24) is 0 Å². The third-order valence-electron chi connectivity index (χ3n) is 6.51. The number of hydrogen-bond acceptors (Lipinski definition) is 0. The summed E-state index contributed by atoms with van der Waals surface area (Å²) < 4.78 is 0. The van der Waals surface area contributed by atoms with Gasteiger partial charge in [0.15, 0.2) is 0 Å². The Bertz CT molecular complexity index is 1390. The van der Waals surface area contributed by atoms with E-state index >= 15 is 4.80 Å². The highest BCUT2D eigenvalue weighted by Crippen LogP contribution is 2.22. The van der Waals surface area contributed by atoms with Crippen molar-refractivity contribution < 1.29 is 4.80 Å². The molecule has 0 aliphatic carbocycles. The van der Waals surface area contributed by atoms with E-state index in [9.17, 15) is 0 Å². The summed E-state index contributed by atoms with van der Waals surface area (Å²) in [4.78, 5) is 15.7. The zero-order valence-electron chi connectivity index (χ0n) is 17.5. The molecule has 0 bridgehead atoms. The first-order valence-electron chi connectivity index (χ1n) is 10.9.